The molecule has 4 rings (SSSR count). The van der Waals surface area contributed by atoms with Gasteiger partial charge in [-0.25, -0.2) is 9.18 Å². The van der Waals surface area contributed by atoms with Gasteiger partial charge in [0.2, 0.25) is 0 Å². The summed E-state index contributed by atoms with van der Waals surface area (Å²) in [4.78, 5) is 36.0. The van der Waals surface area contributed by atoms with Crippen molar-refractivity contribution in [2.45, 2.75) is 6.92 Å². The molecule has 9 heteroatoms. The van der Waals surface area contributed by atoms with E-state index in [0.29, 0.717) is 22.2 Å². The predicted octanol–water partition coefficient (Wildman–Crippen LogP) is 4.27. The first kappa shape index (κ1) is 22.5. The molecule has 0 aliphatic carbocycles. The number of anilines is 2. The Morgan fingerprint density at radius 2 is 1.53 bits per heavy atom. The Kier molecular flexibility index (Phi) is 5.77. The molecule has 2 amide bonds. The number of hydrogen-bond acceptors (Lipinski definition) is 4. The highest BCUT2D eigenvalue weighted by Gasteiger charge is 2.20. The molecular formula is C25H20FN3O5. The zero-order valence-corrected chi connectivity index (χ0v) is 18.2. The summed E-state index contributed by atoms with van der Waals surface area (Å²) in [6.45, 7) is 1.83. The fourth-order valence-corrected chi connectivity index (χ4v) is 3.92. The topological polar surface area (TPSA) is 121 Å². The van der Waals surface area contributed by atoms with Gasteiger partial charge >= 0.3 is 17.8 Å². The van der Waals surface area contributed by atoms with E-state index in [2.05, 4.69) is 10.6 Å². The Morgan fingerprint density at radius 1 is 0.912 bits per heavy atom. The van der Waals surface area contributed by atoms with Crippen LogP contribution in [0.1, 0.15) is 15.9 Å². The van der Waals surface area contributed by atoms with Crippen LogP contribution in [0.5, 0.6) is 5.75 Å². The van der Waals surface area contributed by atoms with Crippen molar-refractivity contribution in [3.8, 4) is 17.0 Å². The molecule has 1 heterocycles. The van der Waals surface area contributed by atoms with Crippen LogP contribution in [-0.2, 0) is 16.6 Å². The number of phenols is 1. The van der Waals surface area contributed by atoms with Crippen molar-refractivity contribution in [1.29, 1.82) is 0 Å². The Hall–Kier alpha value is -4.66. The van der Waals surface area contributed by atoms with Crippen molar-refractivity contribution in [2.24, 2.45) is 7.05 Å². The van der Waals surface area contributed by atoms with Crippen LogP contribution in [0.4, 0.5) is 15.8 Å². The van der Waals surface area contributed by atoms with E-state index in [1.165, 1.54) is 30.3 Å². The van der Waals surface area contributed by atoms with E-state index >= 15 is 0 Å². The van der Waals surface area contributed by atoms with Crippen LogP contribution in [-0.4, -0.2) is 32.6 Å². The van der Waals surface area contributed by atoms with E-state index in [9.17, 15) is 29.0 Å². The third kappa shape index (κ3) is 4.18. The van der Waals surface area contributed by atoms with Gasteiger partial charge in [0.1, 0.15) is 17.1 Å². The van der Waals surface area contributed by atoms with E-state index in [4.69, 9.17) is 0 Å². The van der Waals surface area contributed by atoms with Gasteiger partial charge in [0.15, 0.2) is 0 Å². The normalized spacial score (nSPS) is 10.8. The molecular weight excluding hydrogens is 441 g/mol. The lowest BCUT2D eigenvalue weighted by Crippen LogP contribution is -2.29. The van der Waals surface area contributed by atoms with Crippen LogP contribution >= 0.6 is 0 Å². The molecule has 0 spiro atoms. The number of amides is 2. The average Bonchev–Trinajstić information content (AvgIpc) is 3.02. The van der Waals surface area contributed by atoms with Crippen LogP contribution in [0, 0.1) is 12.7 Å². The number of carbonyl (C=O) groups excluding carboxylic acids is 2. The Balaban J connectivity index is 1.63. The zero-order valence-electron chi connectivity index (χ0n) is 18.2. The summed E-state index contributed by atoms with van der Waals surface area (Å²) in [5.41, 5.74) is 3.19. The number of nitrogens with one attached hydrogen (secondary N) is 2. The van der Waals surface area contributed by atoms with Crippen LogP contribution in [0.15, 0.2) is 60.7 Å². The molecule has 8 nitrogen and oxygen atoms in total. The number of carboxylic acid groups (broad SMARTS) is 1. The second-order valence-corrected chi connectivity index (χ2v) is 7.72. The summed E-state index contributed by atoms with van der Waals surface area (Å²) in [5, 5.41) is 24.9. The van der Waals surface area contributed by atoms with Gasteiger partial charge in [-0.05, 0) is 48.9 Å². The maximum absolute atomic E-state index is 13.3. The summed E-state index contributed by atoms with van der Waals surface area (Å²) in [6, 6.07) is 14.8. The van der Waals surface area contributed by atoms with Gasteiger partial charge < -0.3 is 25.4 Å². The molecule has 0 bridgehead atoms. The van der Waals surface area contributed by atoms with Gasteiger partial charge in [-0.1, -0.05) is 18.2 Å². The summed E-state index contributed by atoms with van der Waals surface area (Å²) in [7, 11) is 1.78. The summed E-state index contributed by atoms with van der Waals surface area (Å²) in [5.74, 6) is -3.98. The standard InChI is InChI=1S/C25H20FN3O5/c1-13-18-11-19(25(33)34)21(30)12-20(18)29(2)22(13)14-5-3-7-16(9-14)27-23(31)24(32)28-17-8-4-6-15(26)10-17/h3-12,30H,1-2H3,(H,27,31)(H,28,32)(H,33,34). The molecule has 0 saturated carbocycles. The molecule has 4 N–H and O–H groups in total. The van der Waals surface area contributed by atoms with Crippen LogP contribution in [0.2, 0.25) is 0 Å². The molecule has 0 atom stereocenters. The number of fused-ring (bicyclic) bond motifs is 1. The lowest BCUT2D eigenvalue weighted by Gasteiger charge is -2.10. The Morgan fingerprint density at radius 3 is 2.15 bits per heavy atom. The lowest BCUT2D eigenvalue weighted by atomic mass is 10.0. The first-order chi connectivity index (χ1) is 16.2. The van der Waals surface area contributed by atoms with Gasteiger partial charge in [-0.2, -0.15) is 0 Å². The van der Waals surface area contributed by atoms with Crippen LogP contribution in [0.3, 0.4) is 0 Å². The van der Waals surface area contributed by atoms with Crippen LogP contribution < -0.4 is 10.6 Å². The minimum absolute atomic E-state index is 0.156. The van der Waals surface area contributed by atoms with Gasteiger partial charge in [0, 0.05) is 35.4 Å². The van der Waals surface area contributed by atoms with Crippen molar-refractivity contribution in [3.05, 3.63) is 77.6 Å². The largest absolute Gasteiger partial charge is 0.507 e. The minimum atomic E-state index is -1.23. The Bertz CT molecular complexity index is 1480. The number of benzene rings is 3. The number of nitrogens with zero attached hydrogens (tertiary/aromatic N) is 1. The molecule has 0 radical (unpaired) electrons. The summed E-state index contributed by atoms with van der Waals surface area (Å²) in [6.07, 6.45) is 0. The summed E-state index contributed by atoms with van der Waals surface area (Å²) >= 11 is 0. The third-order valence-corrected chi connectivity index (χ3v) is 5.48. The molecule has 4 aromatic rings. The number of halogens is 1. The number of hydrogen-bond donors (Lipinski definition) is 4. The highest BCUT2D eigenvalue weighted by molar-refractivity contribution is 6.43. The second-order valence-electron chi connectivity index (χ2n) is 7.72. The molecule has 0 unspecified atom stereocenters. The molecule has 0 aliphatic heterocycles. The minimum Gasteiger partial charge on any atom is -0.507 e. The number of aromatic carboxylic acids is 1. The van der Waals surface area contributed by atoms with Crippen molar-refractivity contribution in [1.82, 2.24) is 4.57 Å². The number of rotatable bonds is 4. The van der Waals surface area contributed by atoms with E-state index < -0.39 is 23.6 Å². The van der Waals surface area contributed by atoms with Crippen molar-refractivity contribution < 1.29 is 29.0 Å². The van der Waals surface area contributed by atoms with Gasteiger partial charge in [0.05, 0.1) is 11.2 Å². The lowest BCUT2D eigenvalue weighted by molar-refractivity contribution is -0.132. The summed E-state index contributed by atoms with van der Waals surface area (Å²) < 4.78 is 15.1. The number of carboxylic acids is 1. The molecule has 34 heavy (non-hydrogen) atoms. The number of aromatic hydroxyl groups is 1. The molecule has 1 aromatic heterocycles. The van der Waals surface area contributed by atoms with E-state index in [1.807, 2.05) is 17.6 Å². The zero-order chi connectivity index (χ0) is 24.6. The van der Waals surface area contributed by atoms with Gasteiger partial charge in [0.25, 0.3) is 0 Å². The molecule has 0 fully saturated rings. The molecule has 0 saturated heterocycles. The Labute approximate surface area is 193 Å². The van der Waals surface area contributed by atoms with Crippen molar-refractivity contribution in [2.75, 3.05) is 10.6 Å². The smallest absolute Gasteiger partial charge is 0.339 e. The monoisotopic (exact) mass is 461 g/mol. The van der Waals surface area contributed by atoms with E-state index in [1.54, 1.807) is 25.2 Å². The van der Waals surface area contributed by atoms with E-state index in [0.717, 1.165) is 17.3 Å². The fraction of sp³-hybridized carbons (Fsp3) is 0.0800. The first-order valence-corrected chi connectivity index (χ1v) is 10.2. The van der Waals surface area contributed by atoms with Crippen molar-refractivity contribution in [3.63, 3.8) is 0 Å². The van der Waals surface area contributed by atoms with Gasteiger partial charge in [-0.15, -0.1) is 0 Å². The molecule has 172 valence electrons. The second kappa shape index (κ2) is 8.70. The van der Waals surface area contributed by atoms with E-state index in [-0.39, 0.29) is 17.0 Å². The number of aromatic nitrogens is 1. The number of aryl methyl sites for hydroxylation is 2. The van der Waals surface area contributed by atoms with Gasteiger partial charge in [-0.3, -0.25) is 9.59 Å². The predicted molar refractivity (Wildman–Crippen MR) is 125 cm³/mol. The maximum atomic E-state index is 13.3. The highest BCUT2D eigenvalue weighted by atomic mass is 19.1. The maximum Gasteiger partial charge on any atom is 0.339 e. The SMILES string of the molecule is Cc1c(-c2cccc(NC(=O)C(=O)Nc3cccc(F)c3)c2)n(C)c2cc(O)c(C(=O)O)cc12. The molecule has 3 aromatic carbocycles. The van der Waals surface area contributed by atoms with Crippen molar-refractivity contribution >= 4 is 40.1 Å². The first-order valence-electron chi connectivity index (χ1n) is 10.2. The fourth-order valence-electron chi connectivity index (χ4n) is 3.92. The highest BCUT2D eigenvalue weighted by Crippen LogP contribution is 2.36. The molecule has 0 aliphatic rings. The van der Waals surface area contributed by atoms with Crippen LogP contribution in [0.25, 0.3) is 22.2 Å². The average molecular weight is 461 g/mol. The third-order valence-electron chi connectivity index (χ3n) is 5.48. The quantitative estimate of drug-likeness (QED) is 0.338. The number of carbonyl (C=O) groups is 3.